The first-order chi connectivity index (χ1) is 23.2. The predicted octanol–water partition coefficient (Wildman–Crippen LogP) is 5.06. The number of sulfone groups is 1. The lowest BCUT2D eigenvalue weighted by Crippen LogP contribution is -2.45. The van der Waals surface area contributed by atoms with Crippen LogP contribution < -0.4 is 15.2 Å². The lowest BCUT2D eigenvalue weighted by atomic mass is 10.0. The van der Waals surface area contributed by atoms with E-state index in [2.05, 4.69) is 20.9 Å². The molecule has 1 aliphatic rings. The largest absolute Gasteiger partial charge is 0.491 e. The molecule has 1 N–H and O–H groups in total. The van der Waals surface area contributed by atoms with Crippen molar-refractivity contribution in [3.63, 3.8) is 0 Å². The topological polar surface area (TPSA) is 159 Å². The Bertz CT molecular complexity index is 2390. The van der Waals surface area contributed by atoms with Crippen LogP contribution in [0.3, 0.4) is 0 Å². The number of carboxylic acid groups (broad SMARTS) is 1. The minimum Gasteiger partial charge on any atom is -0.491 e. The number of aryl methyl sites for hydroxylation is 3. The summed E-state index contributed by atoms with van der Waals surface area (Å²) in [4.78, 5) is 39.8. The first-order valence-corrected chi connectivity index (χ1v) is 18.5. The molecule has 0 aliphatic carbocycles. The summed E-state index contributed by atoms with van der Waals surface area (Å²) in [6.07, 6.45) is 1.09. The molecule has 4 heterocycles. The molecule has 0 unspecified atom stereocenters. The Morgan fingerprint density at radius 2 is 1.82 bits per heavy atom. The van der Waals surface area contributed by atoms with E-state index in [4.69, 9.17) is 16.3 Å². The summed E-state index contributed by atoms with van der Waals surface area (Å²) in [6, 6.07) is 10.5. The van der Waals surface area contributed by atoms with Gasteiger partial charge in [-0.25, -0.2) is 18.2 Å². The minimum atomic E-state index is -3.77. The molecule has 0 saturated carbocycles. The van der Waals surface area contributed by atoms with Crippen molar-refractivity contribution in [1.29, 1.82) is 5.26 Å². The van der Waals surface area contributed by atoms with Gasteiger partial charge < -0.3 is 19.6 Å². The van der Waals surface area contributed by atoms with Gasteiger partial charge in [-0.2, -0.15) is 5.26 Å². The number of anilines is 1. The lowest BCUT2D eigenvalue weighted by Gasteiger charge is -2.35. The van der Waals surface area contributed by atoms with Crippen molar-refractivity contribution in [2.75, 3.05) is 51.0 Å². The van der Waals surface area contributed by atoms with Crippen molar-refractivity contribution in [2.45, 2.75) is 32.2 Å². The molecule has 0 atom stereocenters. The van der Waals surface area contributed by atoms with Gasteiger partial charge in [0.25, 0.3) is 5.56 Å². The zero-order valence-corrected chi connectivity index (χ0v) is 29.9. The van der Waals surface area contributed by atoms with E-state index in [1.165, 1.54) is 22.0 Å². The number of likely N-dealkylation sites (N-methyl/N-ethyl adjacent to an activating group) is 1. The Hall–Kier alpha value is -4.55. The van der Waals surface area contributed by atoms with Gasteiger partial charge in [-0.1, -0.05) is 11.6 Å². The third kappa shape index (κ3) is 6.35. The first kappa shape index (κ1) is 34.3. The molecule has 1 saturated heterocycles. The molecule has 0 bridgehead atoms. The molecule has 2 aromatic carbocycles. The number of piperazine rings is 1. The number of fused-ring (bicyclic) bond motifs is 2. The van der Waals surface area contributed by atoms with Crippen LogP contribution in [0.4, 0.5) is 5.69 Å². The Kier molecular flexibility index (Phi) is 9.14. The van der Waals surface area contributed by atoms with Gasteiger partial charge in [0, 0.05) is 59.2 Å². The van der Waals surface area contributed by atoms with Crippen LogP contribution in [0.25, 0.3) is 32.2 Å². The highest BCUT2D eigenvalue weighted by atomic mass is 35.5. The molecule has 1 aliphatic heterocycles. The summed E-state index contributed by atoms with van der Waals surface area (Å²) in [7, 11) is -1.80. The van der Waals surface area contributed by atoms with Gasteiger partial charge in [-0.05, 0) is 58.2 Å². The molecule has 0 amide bonds. The van der Waals surface area contributed by atoms with Gasteiger partial charge in [0.15, 0.2) is 9.84 Å². The van der Waals surface area contributed by atoms with E-state index in [0.29, 0.717) is 69.1 Å². The van der Waals surface area contributed by atoms with E-state index in [9.17, 15) is 28.4 Å². The number of aromatic nitrogens is 3. The molecular formula is C34H33ClN6O6S2. The van der Waals surface area contributed by atoms with Gasteiger partial charge >= 0.3 is 5.97 Å². The van der Waals surface area contributed by atoms with Crippen LogP contribution in [0.1, 0.15) is 32.3 Å². The summed E-state index contributed by atoms with van der Waals surface area (Å²) >= 11 is 7.76. The number of rotatable bonds is 8. The maximum absolute atomic E-state index is 14.1. The molecule has 49 heavy (non-hydrogen) atoms. The average molecular weight is 721 g/mol. The molecule has 0 spiro atoms. The van der Waals surface area contributed by atoms with E-state index in [1.54, 1.807) is 39.0 Å². The van der Waals surface area contributed by atoms with Gasteiger partial charge in [-0.3, -0.25) is 14.3 Å². The normalized spacial score (nSPS) is 14.0. The molecule has 5 aromatic rings. The van der Waals surface area contributed by atoms with Gasteiger partial charge in [0.05, 0.1) is 49.4 Å². The monoisotopic (exact) mass is 720 g/mol. The van der Waals surface area contributed by atoms with E-state index >= 15 is 0 Å². The molecular weight excluding hydrogens is 688 g/mol. The minimum absolute atomic E-state index is 0.0151. The Labute approximate surface area is 291 Å². The van der Waals surface area contributed by atoms with Gasteiger partial charge in [-0.15, -0.1) is 11.3 Å². The highest BCUT2D eigenvalue weighted by Gasteiger charge is 2.29. The SMILES string of the molecule is Cc1cc(-c2cc(Cl)ccc2OCCn2c(C)nc3cc(S(C)(=O)=O)c(N4CCN(C)CC4)c(C#N)c3c2=O)c2sc(C)c(C(=O)O)c2n1. The number of benzene rings is 2. The highest BCUT2D eigenvalue weighted by Crippen LogP contribution is 2.42. The maximum atomic E-state index is 14.1. The van der Waals surface area contributed by atoms with Crippen LogP contribution in [-0.2, 0) is 16.4 Å². The van der Waals surface area contributed by atoms with Crippen LogP contribution in [0.15, 0.2) is 40.0 Å². The van der Waals surface area contributed by atoms with Crippen LogP contribution in [0, 0.1) is 32.1 Å². The summed E-state index contributed by atoms with van der Waals surface area (Å²) in [5.41, 5.74) is 2.41. The summed E-state index contributed by atoms with van der Waals surface area (Å²) < 4.78 is 34.3. The van der Waals surface area contributed by atoms with E-state index in [1.807, 2.05) is 18.0 Å². The molecule has 3 aromatic heterocycles. The molecule has 1 fully saturated rings. The number of nitrogens with zero attached hydrogens (tertiary/aromatic N) is 6. The predicted molar refractivity (Wildman–Crippen MR) is 190 cm³/mol. The van der Waals surface area contributed by atoms with Crippen molar-refractivity contribution >= 4 is 65.6 Å². The van der Waals surface area contributed by atoms with Crippen molar-refractivity contribution in [2.24, 2.45) is 0 Å². The Balaban J connectivity index is 1.40. The second-order valence-corrected chi connectivity index (χ2v) is 15.7. The summed E-state index contributed by atoms with van der Waals surface area (Å²) in [5, 5.41) is 20.7. The second kappa shape index (κ2) is 13.1. The quantitative estimate of drug-likeness (QED) is 0.229. The Morgan fingerprint density at radius 3 is 2.47 bits per heavy atom. The van der Waals surface area contributed by atoms with Crippen molar-refractivity contribution in [3.8, 4) is 22.9 Å². The van der Waals surface area contributed by atoms with Crippen LogP contribution >= 0.6 is 22.9 Å². The standard InChI is InChI=1S/C34H33ClN6O6S2/c1-18-14-23(32-30(37-18)28(34(43)44)19(2)48-32)22-15-21(35)6-7-26(22)47-13-12-41-20(3)38-25-16-27(49(5,45)46)31(24(17-36)29(25)33(41)42)40-10-8-39(4)9-11-40/h6-7,14-16H,8-13H2,1-5H3,(H,43,44). The second-order valence-electron chi connectivity index (χ2n) is 12.1. The molecule has 6 rings (SSSR count). The third-order valence-electron chi connectivity index (χ3n) is 8.67. The molecule has 254 valence electrons. The summed E-state index contributed by atoms with van der Waals surface area (Å²) in [6.45, 7) is 7.62. The van der Waals surface area contributed by atoms with Crippen molar-refractivity contribution in [1.82, 2.24) is 19.4 Å². The van der Waals surface area contributed by atoms with Crippen molar-refractivity contribution in [3.05, 3.63) is 73.2 Å². The number of pyridine rings is 1. The number of nitriles is 1. The number of thiophene rings is 1. The molecule has 0 radical (unpaired) electrons. The maximum Gasteiger partial charge on any atom is 0.339 e. The number of hydrogen-bond donors (Lipinski definition) is 1. The number of carbonyl (C=O) groups is 1. The average Bonchev–Trinajstić information content (AvgIpc) is 3.37. The number of halogens is 1. The smallest absolute Gasteiger partial charge is 0.339 e. The van der Waals surface area contributed by atoms with Crippen molar-refractivity contribution < 1.29 is 23.1 Å². The van der Waals surface area contributed by atoms with Gasteiger partial charge in [0.1, 0.15) is 24.3 Å². The fourth-order valence-electron chi connectivity index (χ4n) is 6.30. The fraction of sp³-hybridized carbons (Fsp3) is 0.324. The number of aromatic carboxylic acids is 1. The summed E-state index contributed by atoms with van der Waals surface area (Å²) in [5.74, 6) is -0.260. The number of ether oxygens (including phenoxy) is 1. The zero-order valence-electron chi connectivity index (χ0n) is 27.5. The Morgan fingerprint density at radius 1 is 1.10 bits per heavy atom. The first-order valence-electron chi connectivity index (χ1n) is 15.4. The van der Waals surface area contributed by atoms with Crippen LogP contribution in [-0.4, -0.2) is 85.0 Å². The molecule has 12 nitrogen and oxygen atoms in total. The fourth-order valence-corrected chi connectivity index (χ4v) is 8.49. The third-order valence-corrected chi connectivity index (χ3v) is 11.1. The van der Waals surface area contributed by atoms with E-state index in [-0.39, 0.29) is 45.8 Å². The van der Waals surface area contributed by atoms with Crippen LogP contribution in [0.2, 0.25) is 5.02 Å². The lowest BCUT2D eigenvalue weighted by molar-refractivity contribution is 0.0698. The number of carboxylic acids is 1. The molecule has 15 heteroatoms. The van der Waals surface area contributed by atoms with E-state index in [0.717, 1.165) is 11.8 Å². The number of hydrogen-bond acceptors (Lipinski definition) is 11. The van der Waals surface area contributed by atoms with Gasteiger partial charge in [0.2, 0.25) is 0 Å². The zero-order chi connectivity index (χ0) is 35.4. The van der Waals surface area contributed by atoms with Crippen LogP contribution in [0.5, 0.6) is 5.75 Å². The highest BCUT2D eigenvalue weighted by molar-refractivity contribution is 7.90. The van der Waals surface area contributed by atoms with E-state index < -0.39 is 21.4 Å².